The largest absolute Gasteiger partial charge is 0.291 e. The number of carbonyl (C=O) groups excluding carboxylic acids is 1. The van der Waals surface area contributed by atoms with Gasteiger partial charge in [0.1, 0.15) is 12.7 Å². The zero-order chi connectivity index (χ0) is 7.40. The van der Waals surface area contributed by atoms with Crippen LogP contribution in [0.3, 0.4) is 0 Å². The van der Waals surface area contributed by atoms with Crippen molar-refractivity contribution in [1.29, 1.82) is 0 Å². The fraction of sp³-hybridized carbons (Fsp3) is 0.333. The summed E-state index contributed by atoms with van der Waals surface area (Å²) in [6, 6.07) is 0. The molecule has 0 spiro atoms. The Hall–Kier alpha value is -1.32. The second-order valence-corrected chi connectivity index (χ2v) is 1.74. The molecular weight excluding hydrogens is 130 g/mol. The van der Waals surface area contributed by atoms with Gasteiger partial charge in [-0.15, -0.1) is 0 Å². The SMILES string of the molecule is CCC(=O)c1ncncn1. The lowest BCUT2D eigenvalue weighted by Crippen LogP contribution is -2.03. The molecule has 1 heterocycles. The van der Waals surface area contributed by atoms with Crippen LogP contribution in [0.5, 0.6) is 0 Å². The summed E-state index contributed by atoms with van der Waals surface area (Å²) in [4.78, 5) is 21.8. The van der Waals surface area contributed by atoms with E-state index in [4.69, 9.17) is 0 Å². The van der Waals surface area contributed by atoms with Crippen molar-refractivity contribution >= 4 is 5.78 Å². The molecule has 0 amide bonds. The molecule has 10 heavy (non-hydrogen) atoms. The first-order chi connectivity index (χ1) is 4.84. The van der Waals surface area contributed by atoms with Gasteiger partial charge in [-0.1, -0.05) is 6.92 Å². The predicted octanol–water partition coefficient (Wildman–Crippen LogP) is 0.464. The molecule has 0 aromatic carbocycles. The minimum atomic E-state index is -0.0533. The van der Waals surface area contributed by atoms with Gasteiger partial charge >= 0.3 is 0 Å². The van der Waals surface area contributed by atoms with Gasteiger partial charge in [0, 0.05) is 6.42 Å². The maximum Gasteiger partial charge on any atom is 0.199 e. The van der Waals surface area contributed by atoms with Crippen LogP contribution in [0.4, 0.5) is 0 Å². The number of ketones is 1. The van der Waals surface area contributed by atoms with Gasteiger partial charge in [-0.05, 0) is 0 Å². The van der Waals surface area contributed by atoms with Crippen LogP contribution in [0, 0.1) is 0 Å². The van der Waals surface area contributed by atoms with Gasteiger partial charge < -0.3 is 0 Å². The average Bonchev–Trinajstić information content (AvgIpc) is 2.05. The summed E-state index contributed by atoms with van der Waals surface area (Å²) in [5.41, 5.74) is 0. The minimum Gasteiger partial charge on any atom is -0.291 e. The molecule has 1 aromatic heterocycles. The quantitative estimate of drug-likeness (QED) is 0.556. The highest BCUT2D eigenvalue weighted by Gasteiger charge is 2.03. The molecule has 4 heteroatoms. The number of hydrogen-bond acceptors (Lipinski definition) is 4. The highest BCUT2D eigenvalue weighted by molar-refractivity contribution is 5.91. The van der Waals surface area contributed by atoms with E-state index in [1.54, 1.807) is 6.92 Å². The van der Waals surface area contributed by atoms with Crippen LogP contribution in [-0.4, -0.2) is 20.7 Å². The zero-order valence-corrected chi connectivity index (χ0v) is 5.61. The van der Waals surface area contributed by atoms with Crippen LogP contribution >= 0.6 is 0 Å². The molecule has 0 aliphatic heterocycles. The standard InChI is InChI=1S/C6H7N3O/c1-2-5(10)6-8-3-7-4-9-6/h3-4H,2H2,1H3. The third-order valence-electron chi connectivity index (χ3n) is 1.06. The van der Waals surface area contributed by atoms with Crippen molar-refractivity contribution in [2.45, 2.75) is 13.3 Å². The molecule has 4 nitrogen and oxygen atoms in total. The Morgan fingerprint density at radius 3 is 2.60 bits per heavy atom. The number of nitrogens with zero attached hydrogens (tertiary/aromatic N) is 3. The highest BCUT2D eigenvalue weighted by Crippen LogP contribution is 1.90. The summed E-state index contributed by atoms with van der Waals surface area (Å²) in [6.07, 6.45) is 3.07. The maximum atomic E-state index is 10.9. The topological polar surface area (TPSA) is 55.7 Å². The number of Topliss-reactive ketones (excluding diaryl/α,β-unsaturated/α-hetero) is 1. The zero-order valence-electron chi connectivity index (χ0n) is 5.61. The Labute approximate surface area is 58.3 Å². The van der Waals surface area contributed by atoms with Crippen molar-refractivity contribution in [2.24, 2.45) is 0 Å². The summed E-state index contributed by atoms with van der Waals surface area (Å²) in [7, 11) is 0. The Morgan fingerprint density at radius 2 is 2.10 bits per heavy atom. The van der Waals surface area contributed by atoms with Crippen molar-refractivity contribution in [3.05, 3.63) is 18.5 Å². The van der Waals surface area contributed by atoms with E-state index in [0.29, 0.717) is 6.42 Å². The lowest BCUT2D eigenvalue weighted by Gasteiger charge is -1.90. The van der Waals surface area contributed by atoms with Gasteiger partial charge in [0.05, 0.1) is 0 Å². The van der Waals surface area contributed by atoms with Crippen molar-refractivity contribution in [1.82, 2.24) is 15.0 Å². The third kappa shape index (κ3) is 1.34. The van der Waals surface area contributed by atoms with Crippen LogP contribution in [-0.2, 0) is 0 Å². The average molecular weight is 137 g/mol. The van der Waals surface area contributed by atoms with Gasteiger partial charge in [0.25, 0.3) is 0 Å². The van der Waals surface area contributed by atoms with E-state index in [0.717, 1.165) is 0 Å². The molecule has 0 saturated carbocycles. The molecule has 0 fully saturated rings. The molecule has 1 rings (SSSR count). The van der Waals surface area contributed by atoms with E-state index in [1.807, 2.05) is 0 Å². The van der Waals surface area contributed by atoms with E-state index in [-0.39, 0.29) is 11.6 Å². The molecule has 0 unspecified atom stereocenters. The van der Waals surface area contributed by atoms with Crippen LogP contribution < -0.4 is 0 Å². The molecule has 0 N–H and O–H groups in total. The second-order valence-electron chi connectivity index (χ2n) is 1.74. The molecule has 0 aliphatic rings. The second kappa shape index (κ2) is 3.00. The Bertz CT molecular complexity index is 222. The van der Waals surface area contributed by atoms with E-state index in [9.17, 15) is 4.79 Å². The van der Waals surface area contributed by atoms with Crippen molar-refractivity contribution in [3.8, 4) is 0 Å². The smallest absolute Gasteiger partial charge is 0.199 e. The van der Waals surface area contributed by atoms with Crippen molar-refractivity contribution in [3.63, 3.8) is 0 Å². The molecule has 1 aromatic rings. The lowest BCUT2D eigenvalue weighted by molar-refractivity contribution is 0.0978. The number of hydrogen-bond donors (Lipinski definition) is 0. The Balaban J connectivity index is 2.85. The molecular formula is C6H7N3O. The maximum absolute atomic E-state index is 10.9. The van der Waals surface area contributed by atoms with Crippen LogP contribution in [0.1, 0.15) is 24.0 Å². The third-order valence-corrected chi connectivity index (χ3v) is 1.06. The number of aromatic nitrogens is 3. The summed E-state index contributed by atoms with van der Waals surface area (Å²) in [6.45, 7) is 1.77. The van der Waals surface area contributed by atoms with E-state index >= 15 is 0 Å². The predicted molar refractivity (Wildman–Crippen MR) is 34.4 cm³/mol. The Kier molecular flexibility index (Phi) is 2.04. The summed E-state index contributed by atoms with van der Waals surface area (Å²) in [5, 5.41) is 0. The van der Waals surface area contributed by atoms with E-state index in [1.165, 1.54) is 12.7 Å². The minimum absolute atomic E-state index is 0.0533. The first-order valence-corrected chi connectivity index (χ1v) is 2.99. The first-order valence-electron chi connectivity index (χ1n) is 2.99. The summed E-state index contributed by atoms with van der Waals surface area (Å²) >= 11 is 0. The molecule has 0 radical (unpaired) electrons. The van der Waals surface area contributed by atoms with E-state index < -0.39 is 0 Å². The number of carbonyl (C=O) groups is 1. The molecule has 0 atom stereocenters. The Morgan fingerprint density at radius 1 is 1.50 bits per heavy atom. The summed E-state index contributed by atoms with van der Waals surface area (Å²) in [5.74, 6) is 0.194. The molecule has 52 valence electrons. The molecule has 0 bridgehead atoms. The molecule has 0 aliphatic carbocycles. The van der Waals surface area contributed by atoms with Crippen molar-refractivity contribution < 1.29 is 4.79 Å². The van der Waals surface area contributed by atoms with E-state index in [2.05, 4.69) is 15.0 Å². The fourth-order valence-corrected chi connectivity index (χ4v) is 0.541. The number of rotatable bonds is 2. The van der Waals surface area contributed by atoms with Gasteiger partial charge in [0.2, 0.25) is 0 Å². The van der Waals surface area contributed by atoms with Crippen molar-refractivity contribution in [2.75, 3.05) is 0 Å². The van der Waals surface area contributed by atoms with Crippen LogP contribution in [0.15, 0.2) is 12.7 Å². The first kappa shape index (κ1) is 6.80. The van der Waals surface area contributed by atoms with Gasteiger partial charge in [-0.25, -0.2) is 15.0 Å². The fourth-order valence-electron chi connectivity index (χ4n) is 0.541. The summed E-state index contributed by atoms with van der Waals surface area (Å²) < 4.78 is 0. The monoisotopic (exact) mass is 137 g/mol. The van der Waals surface area contributed by atoms with Gasteiger partial charge in [0.15, 0.2) is 11.6 Å². The van der Waals surface area contributed by atoms with Gasteiger partial charge in [-0.2, -0.15) is 0 Å². The van der Waals surface area contributed by atoms with Crippen LogP contribution in [0.25, 0.3) is 0 Å². The molecule has 0 saturated heterocycles. The highest BCUT2D eigenvalue weighted by atomic mass is 16.1. The normalized spacial score (nSPS) is 9.30. The lowest BCUT2D eigenvalue weighted by atomic mass is 10.3. The van der Waals surface area contributed by atoms with Gasteiger partial charge in [-0.3, -0.25) is 4.79 Å². The van der Waals surface area contributed by atoms with Crippen LogP contribution in [0.2, 0.25) is 0 Å².